The average molecular weight is 853 g/mol. The van der Waals surface area contributed by atoms with Gasteiger partial charge in [0, 0.05) is 13.1 Å². The first kappa shape index (κ1) is 62.4. The van der Waals surface area contributed by atoms with E-state index in [1.54, 1.807) is 0 Å². The number of hydrogen-bond acceptors (Lipinski definition) is 6. The molecule has 0 aliphatic rings. The van der Waals surface area contributed by atoms with Gasteiger partial charge in [-0.25, -0.2) is 0 Å². The van der Waals surface area contributed by atoms with E-state index in [0.29, 0.717) is 0 Å². The normalized spacial score (nSPS) is 11.8. The summed E-state index contributed by atoms with van der Waals surface area (Å²) in [4.78, 5) is 26.1. The van der Waals surface area contributed by atoms with Gasteiger partial charge in [0.15, 0.2) is 0 Å². The minimum atomic E-state index is -0.949. The molecule has 6 nitrogen and oxygen atoms in total. The maximum Gasteiger partial charge on any atom is 2.00 e. The number of carbonyl (C=O) groups is 2. The second-order valence-electron chi connectivity index (χ2n) is 16.6. The molecule has 0 atom stereocenters. The van der Waals surface area contributed by atoms with Crippen LogP contribution >= 0.6 is 0 Å². The predicted octanol–water partition coefficient (Wildman–Crippen LogP) is 12.5. The van der Waals surface area contributed by atoms with E-state index in [1.807, 2.05) is 0 Å². The number of aliphatic carboxylic acids is 2. The molecular formula is C52H96CaN2O4. The topological polar surface area (TPSA) is 86.7 Å². The molecule has 59 heavy (non-hydrogen) atoms. The largest absolute Gasteiger partial charge is 2.00 e. The van der Waals surface area contributed by atoms with Crippen molar-refractivity contribution in [3.05, 3.63) is 48.6 Å². The van der Waals surface area contributed by atoms with Gasteiger partial charge in [-0.1, -0.05) is 153 Å². The third-order valence-electron chi connectivity index (χ3n) is 10.6. The number of rotatable bonds is 44. The molecule has 0 radical (unpaired) electrons. The smallest absolute Gasteiger partial charge is 0.549 e. The molecule has 0 amide bonds. The van der Waals surface area contributed by atoms with E-state index in [9.17, 15) is 19.8 Å². The molecule has 0 saturated carbocycles. The van der Waals surface area contributed by atoms with Gasteiger partial charge in [-0.15, -0.1) is 0 Å². The summed E-state index contributed by atoms with van der Waals surface area (Å²) >= 11 is 0. The minimum Gasteiger partial charge on any atom is -0.549 e. The number of carboxylic acids is 2. The summed E-state index contributed by atoms with van der Waals surface area (Å²) in [6.07, 6.45) is 57.5. The predicted molar refractivity (Wildman–Crippen MR) is 256 cm³/mol. The zero-order valence-electron chi connectivity index (χ0n) is 39.7. The van der Waals surface area contributed by atoms with E-state index >= 15 is 0 Å². The first-order chi connectivity index (χ1) is 28.4. The van der Waals surface area contributed by atoms with Crippen LogP contribution < -0.4 is 10.2 Å². The summed E-state index contributed by atoms with van der Waals surface area (Å²) in [6.45, 7) is 12.6. The SMILES string of the molecule is CCCCC/C=C/CCCCCN(CCCCC/C=C/CCCCC)CC(=O)[O-].CCCCC/C=C/CCCCCN(CCCCC/C=C/CCCCC)CC(=O)[O-].[Ca+2]. The van der Waals surface area contributed by atoms with Crippen LogP contribution in [0.4, 0.5) is 0 Å². The van der Waals surface area contributed by atoms with Gasteiger partial charge in [-0.05, 0) is 155 Å². The van der Waals surface area contributed by atoms with Gasteiger partial charge in [0.2, 0.25) is 0 Å². The second-order valence-corrected chi connectivity index (χ2v) is 16.6. The van der Waals surface area contributed by atoms with Crippen molar-refractivity contribution in [1.29, 1.82) is 0 Å². The first-order valence-electron chi connectivity index (χ1n) is 24.8. The van der Waals surface area contributed by atoms with Crippen LogP contribution in [0.2, 0.25) is 0 Å². The molecule has 0 spiro atoms. The molecule has 7 heteroatoms. The van der Waals surface area contributed by atoms with Crippen molar-refractivity contribution in [1.82, 2.24) is 9.80 Å². The van der Waals surface area contributed by atoms with Crippen molar-refractivity contribution in [2.45, 2.75) is 233 Å². The summed E-state index contributed by atoms with van der Waals surface area (Å²) in [5, 5.41) is 22.0. The van der Waals surface area contributed by atoms with Crippen LogP contribution in [0.3, 0.4) is 0 Å². The average Bonchev–Trinajstić information content (AvgIpc) is 3.20. The molecular weight excluding hydrogens is 757 g/mol. The van der Waals surface area contributed by atoms with Gasteiger partial charge >= 0.3 is 37.7 Å². The van der Waals surface area contributed by atoms with E-state index in [2.05, 4.69) is 86.1 Å². The molecule has 0 aliphatic heterocycles. The van der Waals surface area contributed by atoms with Crippen molar-refractivity contribution in [2.24, 2.45) is 0 Å². The number of carboxylic acid groups (broad SMARTS) is 2. The summed E-state index contributed by atoms with van der Waals surface area (Å²) < 4.78 is 0. The maximum atomic E-state index is 11.0. The van der Waals surface area contributed by atoms with Crippen LogP contribution in [0.15, 0.2) is 48.6 Å². The van der Waals surface area contributed by atoms with Crippen molar-refractivity contribution < 1.29 is 19.8 Å². The van der Waals surface area contributed by atoms with Crippen molar-refractivity contribution in [3.8, 4) is 0 Å². The summed E-state index contributed by atoms with van der Waals surface area (Å²) in [6, 6.07) is 0. The molecule has 0 fully saturated rings. The van der Waals surface area contributed by atoms with E-state index in [0.717, 1.165) is 77.5 Å². The Bertz CT molecular complexity index is 830. The first-order valence-corrected chi connectivity index (χ1v) is 24.8. The fraction of sp³-hybridized carbons (Fsp3) is 0.808. The zero-order chi connectivity index (χ0) is 42.8. The Kier molecular flexibility index (Phi) is 58.2. The molecule has 0 aromatic carbocycles. The van der Waals surface area contributed by atoms with Crippen LogP contribution in [0.5, 0.6) is 0 Å². The molecule has 0 heterocycles. The zero-order valence-corrected chi connectivity index (χ0v) is 41.9. The van der Waals surface area contributed by atoms with Crippen molar-refractivity contribution in [3.63, 3.8) is 0 Å². The van der Waals surface area contributed by atoms with Gasteiger partial charge in [-0.3, -0.25) is 9.80 Å². The monoisotopic (exact) mass is 853 g/mol. The van der Waals surface area contributed by atoms with E-state index in [1.165, 1.54) is 154 Å². The third-order valence-corrected chi connectivity index (χ3v) is 10.6. The van der Waals surface area contributed by atoms with Gasteiger partial charge in [0.25, 0.3) is 0 Å². The van der Waals surface area contributed by atoms with Gasteiger partial charge < -0.3 is 19.8 Å². The van der Waals surface area contributed by atoms with Crippen molar-refractivity contribution >= 4 is 49.7 Å². The van der Waals surface area contributed by atoms with Gasteiger partial charge in [0.05, 0.1) is 11.9 Å². The Morgan fingerprint density at radius 3 is 0.678 bits per heavy atom. The Labute approximate surface area is 397 Å². The number of unbranched alkanes of at least 4 members (excludes halogenated alkanes) is 24. The molecule has 0 aromatic rings. The number of hydrogen-bond donors (Lipinski definition) is 0. The summed E-state index contributed by atoms with van der Waals surface area (Å²) in [7, 11) is 0. The van der Waals surface area contributed by atoms with E-state index in [4.69, 9.17) is 0 Å². The fourth-order valence-electron chi connectivity index (χ4n) is 6.99. The quantitative estimate of drug-likeness (QED) is 0.0345. The minimum absolute atomic E-state index is 0. The molecule has 0 rings (SSSR count). The Morgan fingerprint density at radius 2 is 0.508 bits per heavy atom. The van der Waals surface area contributed by atoms with Crippen LogP contribution in [0.1, 0.15) is 233 Å². The molecule has 0 aromatic heterocycles. The molecule has 0 aliphatic carbocycles. The van der Waals surface area contributed by atoms with Crippen LogP contribution in [-0.4, -0.2) is 98.7 Å². The molecule has 340 valence electrons. The van der Waals surface area contributed by atoms with Crippen molar-refractivity contribution in [2.75, 3.05) is 39.3 Å². The fourth-order valence-corrected chi connectivity index (χ4v) is 6.99. The molecule has 0 saturated heterocycles. The standard InChI is InChI=1S/2C26H49NO2.Ca/c2*1-3-5-7-9-11-13-15-17-19-21-23-27(25-26(28)29)24-22-20-18-16-14-12-10-8-6-4-2;/h2*11-14H,3-10,15-25H2,1-2H3,(H,28,29);/q;;+2/p-2/b2*13-11+,14-12+;. The van der Waals surface area contributed by atoms with Crippen LogP contribution in [-0.2, 0) is 9.59 Å². The number of allylic oxidation sites excluding steroid dienone is 8. The Morgan fingerprint density at radius 1 is 0.322 bits per heavy atom. The second kappa shape index (κ2) is 55.1. The van der Waals surface area contributed by atoms with E-state index < -0.39 is 11.9 Å². The molecule has 0 unspecified atom stereocenters. The third kappa shape index (κ3) is 57.1. The number of nitrogens with zero attached hydrogens (tertiary/aromatic N) is 2. The van der Waals surface area contributed by atoms with Crippen LogP contribution in [0, 0.1) is 0 Å². The Balaban J connectivity index is -0.00000105. The summed E-state index contributed by atoms with van der Waals surface area (Å²) in [5.74, 6) is -1.90. The molecule has 0 bridgehead atoms. The maximum absolute atomic E-state index is 11.0. The Hall–Kier alpha value is -0.920. The summed E-state index contributed by atoms with van der Waals surface area (Å²) in [5.41, 5.74) is 0. The number of carbonyl (C=O) groups excluding carboxylic acids is 2. The van der Waals surface area contributed by atoms with E-state index in [-0.39, 0.29) is 50.8 Å². The van der Waals surface area contributed by atoms with Gasteiger partial charge in [-0.2, -0.15) is 0 Å². The van der Waals surface area contributed by atoms with Crippen LogP contribution in [0.25, 0.3) is 0 Å². The van der Waals surface area contributed by atoms with Gasteiger partial charge in [0.1, 0.15) is 0 Å². The molecule has 0 N–H and O–H groups in total.